The highest BCUT2D eigenvalue weighted by Crippen LogP contribution is 2.35. The van der Waals surface area contributed by atoms with E-state index in [9.17, 15) is 30.3 Å². The second-order valence-electron chi connectivity index (χ2n) is 10.7. The fourth-order valence-electron chi connectivity index (χ4n) is 4.80. The SMILES string of the molecule is CC(=O)[C@H](C)C[C@@H](C)C[C@H](C)CC[C@@H](O)C[C@@H](O)[C@@H](CC(C)C)[C@@H](O)c1cc(O)cc(O)c1. The number of hydrogen-bond acceptors (Lipinski definition) is 6. The third kappa shape index (κ3) is 10.9. The van der Waals surface area contributed by atoms with Crippen molar-refractivity contribution in [2.45, 2.75) is 98.4 Å². The summed E-state index contributed by atoms with van der Waals surface area (Å²) in [5.74, 6) is 0.506. The fourth-order valence-corrected chi connectivity index (χ4v) is 4.80. The van der Waals surface area contributed by atoms with E-state index >= 15 is 0 Å². The molecule has 0 aromatic heterocycles. The van der Waals surface area contributed by atoms with Gasteiger partial charge in [-0.25, -0.2) is 0 Å². The molecule has 0 aliphatic carbocycles. The van der Waals surface area contributed by atoms with Crippen molar-refractivity contribution in [3.8, 4) is 11.5 Å². The topological polar surface area (TPSA) is 118 Å². The lowest BCUT2D eigenvalue weighted by molar-refractivity contribution is -0.120. The molecule has 0 fully saturated rings. The van der Waals surface area contributed by atoms with Gasteiger partial charge in [0.2, 0.25) is 0 Å². The molecule has 0 amide bonds. The van der Waals surface area contributed by atoms with Crippen LogP contribution in [0.3, 0.4) is 0 Å². The number of aliphatic hydroxyl groups excluding tert-OH is 3. The van der Waals surface area contributed by atoms with Crippen molar-refractivity contribution in [1.29, 1.82) is 0 Å². The summed E-state index contributed by atoms with van der Waals surface area (Å²) in [7, 11) is 0. The van der Waals surface area contributed by atoms with E-state index in [0.29, 0.717) is 30.2 Å². The zero-order chi connectivity index (χ0) is 25.3. The molecular formula is C27H46O6. The normalized spacial score (nSPS) is 18.4. The molecule has 0 saturated carbocycles. The van der Waals surface area contributed by atoms with Crippen LogP contribution < -0.4 is 0 Å². The van der Waals surface area contributed by atoms with Gasteiger partial charge in [-0.2, -0.15) is 0 Å². The number of benzene rings is 1. The number of carbonyl (C=O) groups excluding carboxylic acids is 1. The molecule has 5 N–H and O–H groups in total. The molecule has 33 heavy (non-hydrogen) atoms. The maximum absolute atomic E-state index is 11.5. The Balaban J connectivity index is 2.66. The summed E-state index contributed by atoms with van der Waals surface area (Å²) in [5.41, 5.74) is 0.342. The number of ketones is 1. The van der Waals surface area contributed by atoms with Crippen molar-refractivity contribution >= 4 is 5.78 Å². The molecule has 0 spiro atoms. The van der Waals surface area contributed by atoms with E-state index in [1.54, 1.807) is 6.92 Å². The molecule has 0 saturated heterocycles. The van der Waals surface area contributed by atoms with Gasteiger partial charge in [-0.15, -0.1) is 0 Å². The fraction of sp³-hybridized carbons (Fsp3) is 0.741. The summed E-state index contributed by atoms with van der Waals surface area (Å²) < 4.78 is 0. The van der Waals surface area contributed by atoms with Crippen LogP contribution in [0.5, 0.6) is 11.5 Å². The number of Topliss-reactive ketones (excluding diaryl/α,β-unsaturated/α-hetero) is 1. The van der Waals surface area contributed by atoms with Gasteiger partial charge < -0.3 is 25.5 Å². The van der Waals surface area contributed by atoms with E-state index < -0.39 is 24.2 Å². The van der Waals surface area contributed by atoms with Crippen molar-refractivity contribution in [3.05, 3.63) is 23.8 Å². The third-order valence-electron chi connectivity index (χ3n) is 6.67. The van der Waals surface area contributed by atoms with Gasteiger partial charge in [-0.1, -0.05) is 34.6 Å². The maximum Gasteiger partial charge on any atom is 0.132 e. The smallest absolute Gasteiger partial charge is 0.132 e. The predicted molar refractivity (Wildman–Crippen MR) is 131 cm³/mol. The quantitative estimate of drug-likeness (QED) is 0.249. The molecule has 0 aliphatic rings. The first kappa shape index (κ1) is 29.4. The Kier molecular flexibility index (Phi) is 12.4. The van der Waals surface area contributed by atoms with E-state index in [0.717, 1.165) is 19.3 Å². The van der Waals surface area contributed by atoms with Gasteiger partial charge in [0.05, 0.1) is 18.3 Å². The number of aromatic hydroxyl groups is 2. The zero-order valence-corrected chi connectivity index (χ0v) is 21.2. The number of aliphatic hydroxyl groups is 3. The number of hydrogen-bond donors (Lipinski definition) is 5. The molecule has 6 nitrogen and oxygen atoms in total. The molecule has 7 atom stereocenters. The minimum Gasteiger partial charge on any atom is -0.508 e. The van der Waals surface area contributed by atoms with Crippen molar-refractivity contribution in [2.24, 2.45) is 29.6 Å². The molecule has 1 aromatic rings. The minimum absolute atomic E-state index is 0.0747. The summed E-state index contributed by atoms with van der Waals surface area (Å²) in [6, 6.07) is 3.96. The Bertz CT molecular complexity index is 698. The van der Waals surface area contributed by atoms with Gasteiger partial charge in [0.25, 0.3) is 0 Å². The van der Waals surface area contributed by atoms with E-state index in [2.05, 4.69) is 13.8 Å². The first-order valence-electron chi connectivity index (χ1n) is 12.4. The Morgan fingerprint density at radius 2 is 1.36 bits per heavy atom. The predicted octanol–water partition coefficient (Wildman–Crippen LogP) is 4.96. The minimum atomic E-state index is -1.07. The number of phenols is 2. The van der Waals surface area contributed by atoms with Gasteiger partial charge in [0.1, 0.15) is 17.3 Å². The summed E-state index contributed by atoms with van der Waals surface area (Å²) in [6.07, 6.45) is 1.26. The van der Waals surface area contributed by atoms with Crippen LogP contribution in [0, 0.1) is 29.6 Å². The second kappa shape index (κ2) is 13.9. The highest BCUT2D eigenvalue weighted by Gasteiger charge is 2.31. The summed E-state index contributed by atoms with van der Waals surface area (Å²) >= 11 is 0. The average molecular weight is 467 g/mol. The van der Waals surface area contributed by atoms with Crippen LogP contribution in [-0.4, -0.2) is 43.5 Å². The highest BCUT2D eigenvalue weighted by atomic mass is 16.3. The number of rotatable bonds is 15. The summed E-state index contributed by atoms with van der Waals surface area (Å²) in [6.45, 7) is 11.9. The van der Waals surface area contributed by atoms with E-state index in [1.165, 1.54) is 18.2 Å². The van der Waals surface area contributed by atoms with Gasteiger partial charge >= 0.3 is 0 Å². The van der Waals surface area contributed by atoms with Gasteiger partial charge in [0.15, 0.2) is 0 Å². The average Bonchev–Trinajstić information content (AvgIpc) is 2.68. The van der Waals surface area contributed by atoms with Gasteiger partial charge in [-0.05, 0) is 80.9 Å². The lowest BCUT2D eigenvalue weighted by Gasteiger charge is -2.31. The molecule has 1 aromatic carbocycles. The van der Waals surface area contributed by atoms with Crippen LogP contribution in [0.15, 0.2) is 18.2 Å². The van der Waals surface area contributed by atoms with E-state index in [-0.39, 0.29) is 35.5 Å². The van der Waals surface area contributed by atoms with E-state index in [4.69, 9.17) is 0 Å². The van der Waals surface area contributed by atoms with E-state index in [1.807, 2.05) is 20.8 Å². The van der Waals surface area contributed by atoms with Crippen LogP contribution in [-0.2, 0) is 4.79 Å². The summed E-state index contributed by atoms with van der Waals surface area (Å²) in [5, 5.41) is 51.9. The Hall–Kier alpha value is -1.63. The Morgan fingerprint density at radius 3 is 1.88 bits per heavy atom. The van der Waals surface area contributed by atoms with Crippen LogP contribution in [0.25, 0.3) is 0 Å². The number of carbonyl (C=O) groups is 1. The molecular weight excluding hydrogens is 420 g/mol. The monoisotopic (exact) mass is 466 g/mol. The second-order valence-corrected chi connectivity index (χ2v) is 10.7. The first-order chi connectivity index (χ1) is 15.3. The van der Waals surface area contributed by atoms with Gasteiger partial charge in [0, 0.05) is 17.9 Å². The standard InChI is InChI=1S/C27H46O6/c1-16(2)9-25(27(33)21-12-23(30)14-24(31)13-21)26(32)15-22(29)8-7-17(3)10-18(4)11-19(5)20(6)28/h12-14,16-19,22,25-27,29-33H,7-11,15H2,1-6H3/t17-,18+,19-,22-,25-,26-,27+/m1/s1. The Morgan fingerprint density at radius 1 is 0.788 bits per heavy atom. The largest absolute Gasteiger partial charge is 0.508 e. The maximum atomic E-state index is 11.5. The van der Waals surface area contributed by atoms with Gasteiger partial charge in [-0.3, -0.25) is 4.79 Å². The molecule has 0 aliphatic heterocycles. The van der Waals surface area contributed by atoms with Crippen molar-refractivity contribution in [2.75, 3.05) is 0 Å². The zero-order valence-electron chi connectivity index (χ0n) is 21.2. The highest BCUT2D eigenvalue weighted by molar-refractivity contribution is 5.77. The third-order valence-corrected chi connectivity index (χ3v) is 6.67. The molecule has 1 rings (SSSR count). The van der Waals surface area contributed by atoms with Crippen LogP contribution in [0.4, 0.5) is 0 Å². The van der Waals surface area contributed by atoms with Crippen LogP contribution in [0.2, 0.25) is 0 Å². The molecule has 190 valence electrons. The van der Waals surface area contributed by atoms with Crippen molar-refractivity contribution in [1.82, 2.24) is 0 Å². The molecule has 0 unspecified atom stereocenters. The molecule has 6 heteroatoms. The summed E-state index contributed by atoms with van der Waals surface area (Å²) in [4.78, 5) is 11.5. The first-order valence-corrected chi connectivity index (χ1v) is 12.4. The molecule has 0 heterocycles. The van der Waals surface area contributed by atoms with Crippen LogP contribution in [0.1, 0.15) is 91.7 Å². The number of phenolic OH excluding ortho intramolecular Hbond substituents is 2. The molecule has 0 bridgehead atoms. The molecule has 0 radical (unpaired) electrons. The lowest BCUT2D eigenvalue weighted by Crippen LogP contribution is -2.31. The van der Waals surface area contributed by atoms with Crippen molar-refractivity contribution < 1.29 is 30.3 Å². The Labute approximate surface area is 199 Å². The van der Waals surface area contributed by atoms with Crippen LogP contribution >= 0.6 is 0 Å². The van der Waals surface area contributed by atoms with Crippen molar-refractivity contribution in [3.63, 3.8) is 0 Å². The lowest BCUT2D eigenvalue weighted by atomic mass is 9.81.